The third-order valence-electron chi connectivity index (χ3n) is 2.67. The molecule has 25 heavy (non-hydrogen) atoms. The summed E-state index contributed by atoms with van der Waals surface area (Å²) in [4.78, 5) is 32.6. The van der Waals surface area contributed by atoms with Crippen LogP contribution in [-0.2, 0) is 36.2 Å². The van der Waals surface area contributed by atoms with Crippen molar-refractivity contribution in [3.8, 4) is 0 Å². The molecule has 12 nitrogen and oxygen atoms in total. The second-order valence-corrected chi connectivity index (χ2v) is 4.57. The Bertz CT molecular complexity index is 422. The second-order valence-electron chi connectivity index (χ2n) is 4.57. The number of aliphatic carboxylic acids is 2. The maximum atomic E-state index is 11.4. The predicted octanol–water partition coefficient (Wildman–Crippen LogP) is -5.46. The van der Waals surface area contributed by atoms with E-state index < -0.39 is 67.9 Å². The largest absolute Gasteiger partial charge is 0.481 e. The number of rotatable bonds is 10. The fraction of sp³-hybridized carbons (Fsp3) is 0.727. The number of hydrogen-bond acceptors (Lipinski definition) is 9. The summed E-state index contributed by atoms with van der Waals surface area (Å²) in [6.07, 6.45) is -7.72. The molecule has 1 unspecified atom stereocenters. The first-order valence-corrected chi connectivity index (χ1v) is 6.01. The molecule has 0 aliphatic carbocycles. The molecule has 4 atom stereocenters. The van der Waals surface area contributed by atoms with Crippen molar-refractivity contribution >= 4 is 41.0 Å². The van der Waals surface area contributed by atoms with E-state index >= 15 is 0 Å². The van der Waals surface area contributed by atoms with E-state index in [4.69, 9.17) is 20.4 Å². The van der Waals surface area contributed by atoms with E-state index in [9.17, 15) is 29.7 Å². The molecule has 0 rings (SSSR count). The zero-order chi connectivity index (χ0) is 17.5. The fourth-order valence-electron chi connectivity index (χ4n) is 1.40. The first-order chi connectivity index (χ1) is 10.0. The Hall–Kier alpha value is -0.544. The normalized spacial score (nSPS) is 15.7. The van der Waals surface area contributed by atoms with Crippen LogP contribution in [-0.4, -0.2) is 119 Å². The Morgan fingerprint density at radius 3 is 1.84 bits per heavy atom. The standard InChI is InChI=1S/C11H18O11.Fe.Mg.H2O.2H/c12-3-5(13)9(18)6(14)4-22-8(17)2-11(21,10(19)20)1-7(15)16;;;;;/h5-6,9,12-14,18,21H,1-4H2,(H,15,16)(H,19,20);;;1H2;;/t5-,6+,9+,11?;;;;;/m1...../s1. The first-order valence-electron chi connectivity index (χ1n) is 6.01. The number of carboxylic acid groups (broad SMARTS) is 2. The second kappa shape index (κ2) is 14.6. The SMILES string of the molecule is O.O=C(O)CC(O)(CC(=O)OC[C@H](O)[C@@H](O)[C@H](O)CO)C(=O)O.[Fe].[MgH2]. The molecule has 0 aromatic carbocycles. The van der Waals surface area contributed by atoms with Crippen LogP contribution in [0, 0.1) is 0 Å². The summed E-state index contributed by atoms with van der Waals surface area (Å²) in [6, 6.07) is 0. The quantitative estimate of drug-likeness (QED) is 0.128. The van der Waals surface area contributed by atoms with Gasteiger partial charge in [0.2, 0.25) is 0 Å². The number of ether oxygens (including phenoxy) is 1. The van der Waals surface area contributed by atoms with Gasteiger partial charge in [-0.25, -0.2) is 4.79 Å². The van der Waals surface area contributed by atoms with Gasteiger partial charge in [0.1, 0.15) is 24.9 Å². The number of carboxylic acids is 2. The number of carbonyl (C=O) groups excluding carboxylic acids is 1. The van der Waals surface area contributed by atoms with Gasteiger partial charge in [-0.15, -0.1) is 0 Å². The van der Waals surface area contributed by atoms with E-state index in [1.807, 2.05) is 0 Å². The predicted molar refractivity (Wildman–Crippen MR) is 77.7 cm³/mol. The minimum Gasteiger partial charge on any atom is -0.481 e. The zero-order valence-electron chi connectivity index (χ0n) is 12.2. The van der Waals surface area contributed by atoms with Crippen molar-refractivity contribution in [2.75, 3.05) is 13.2 Å². The molecule has 0 spiro atoms. The molecule has 0 fully saturated rings. The van der Waals surface area contributed by atoms with Crippen molar-refractivity contribution in [3.63, 3.8) is 0 Å². The molecule has 0 aromatic heterocycles. The van der Waals surface area contributed by atoms with E-state index in [0.29, 0.717) is 0 Å². The van der Waals surface area contributed by atoms with Crippen LogP contribution in [0.3, 0.4) is 0 Å². The van der Waals surface area contributed by atoms with E-state index in [1.54, 1.807) is 0 Å². The summed E-state index contributed by atoms with van der Waals surface area (Å²) < 4.78 is 4.39. The number of carbonyl (C=O) groups is 3. The van der Waals surface area contributed by atoms with Gasteiger partial charge in [-0.2, -0.15) is 0 Å². The smallest absolute Gasteiger partial charge is 0.336 e. The molecule has 148 valence electrons. The summed E-state index contributed by atoms with van der Waals surface area (Å²) in [5, 5.41) is 63.0. The fourth-order valence-corrected chi connectivity index (χ4v) is 1.40. The number of hydrogen-bond donors (Lipinski definition) is 7. The molecular weight excluding hydrogens is 404 g/mol. The van der Waals surface area contributed by atoms with Crippen LogP contribution in [0.25, 0.3) is 0 Å². The minimum atomic E-state index is -2.88. The molecule has 9 N–H and O–H groups in total. The van der Waals surface area contributed by atoms with Crippen LogP contribution in [0.4, 0.5) is 0 Å². The summed E-state index contributed by atoms with van der Waals surface area (Å²) >= 11 is 0. The third-order valence-corrected chi connectivity index (χ3v) is 2.67. The van der Waals surface area contributed by atoms with Gasteiger partial charge in [0.25, 0.3) is 0 Å². The Morgan fingerprint density at radius 2 is 1.48 bits per heavy atom. The molecule has 0 aliphatic heterocycles. The van der Waals surface area contributed by atoms with Crippen LogP contribution < -0.4 is 0 Å². The summed E-state index contributed by atoms with van der Waals surface area (Å²) in [6.45, 7) is -1.72. The zero-order valence-corrected chi connectivity index (χ0v) is 13.3. The van der Waals surface area contributed by atoms with Crippen molar-refractivity contribution in [2.24, 2.45) is 0 Å². The average molecular weight is 426 g/mol. The van der Waals surface area contributed by atoms with Gasteiger partial charge < -0.3 is 46.0 Å². The number of aliphatic hydroxyl groups excluding tert-OH is 4. The molecule has 0 bridgehead atoms. The molecule has 0 aliphatic rings. The van der Waals surface area contributed by atoms with Crippen molar-refractivity contribution in [3.05, 3.63) is 0 Å². The topological polar surface area (TPSA) is 234 Å². The van der Waals surface area contributed by atoms with E-state index in [0.717, 1.165) is 0 Å². The maximum absolute atomic E-state index is 11.4. The minimum absolute atomic E-state index is 0. The Labute approximate surface area is 168 Å². The van der Waals surface area contributed by atoms with Crippen LogP contribution >= 0.6 is 0 Å². The molecule has 0 aromatic rings. The molecule has 0 saturated heterocycles. The Kier molecular flexibility index (Phi) is 18.8. The molecule has 0 amide bonds. The molecule has 0 saturated carbocycles. The van der Waals surface area contributed by atoms with E-state index in [-0.39, 0.29) is 45.6 Å². The van der Waals surface area contributed by atoms with Gasteiger partial charge in [0, 0.05) is 17.1 Å². The van der Waals surface area contributed by atoms with Crippen molar-refractivity contribution < 1.29 is 77.4 Å². The van der Waals surface area contributed by atoms with E-state index in [2.05, 4.69) is 4.74 Å². The molecule has 0 radical (unpaired) electrons. The third kappa shape index (κ3) is 11.6. The van der Waals surface area contributed by atoms with Gasteiger partial charge in [0.05, 0.1) is 19.4 Å². The Balaban J connectivity index is -0.000000735. The Morgan fingerprint density at radius 1 is 1.00 bits per heavy atom. The van der Waals surface area contributed by atoms with Crippen LogP contribution in [0.5, 0.6) is 0 Å². The van der Waals surface area contributed by atoms with Crippen molar-refractivity contribution in [1.82, 2.24) is 0 Å². The maximum Gasteiger partial charge on any atom is 0.336 e. The molecule has 0 heterocycles. The van der Waals surface area contributed by atoms with Gasteiger partial charge in [-0.3, -0.25) is 9.59 Å². The molecular formula is C11H22FeMgO12. The monoisotopic (exact) mass is 426 g/mol. The van der Waals surface area contributed by atoms with E-state index in [1.165, 1.54) is 0 Å². The van der Waals surface area contributed by atoms with Crippen LogP contribution in [0.15, 0.2) is 0 Å². The number of esters is 1. The van der Waals surface area contributed by atoms with Gasteiger partial charge >= 0.3 is 41.0 Å². The first kappa shape index (κ1) is 32.2. The van der Waals surface area contributed by atoms with Gasteiger partial charge in [-0.05, 0) is 0 Å². The van der Waals surface area contributed by atoms with Crippen LogP contribution in [0.2, 0.25) is 0 Å². The van der Waals surface area contributed by atoms with Gasteiger partial charge in [-0.1, -0.05) is 0 Å². The van der Waals surface area contributed by atoms with Crippen LogP contribution in [0.1, 0.15) is 12.8 Å². The summed E-state index contributed by atoms with van der Waals surface area (Å²) in [5.41, 5.74) is -2.88. The average Bonchev–Trinajstić information content (AvgIpc) is 2.41. The molecule has 14 heteroatoms. The van der Waals surface area contributed by atoms with Crippen molar-refractivity contribution in [2.45, 2.75) is 36.8 Å². The van der Waals surface area contributed by atoms with Crippen molar-refractivity contribution in [1.29, 1.82) is 0 Å². The number of aliphatic hydroxyl groups is 5. The summed E-state index contributed by atoms with van der Waals surface area (Å²) in [7, 11) is 0. The van der Waals surface area contributed by atoms with Gasteiger partial charge in [0.15, 0.2) is 5.60 Å². The summed E-state index contributed by atoms with van der Waals surface area (Å²) in [5.74, 6) is -4.93.